The summed E-state index contributed by atoms with van der Waals surface area (Å²) in [6, 6.07) is 9.12. The standard InChI is InChI=1S/C21H19ClN4O6/c1-31-15-6-10(7-16(32-2)18(15)27)13-9-14(25-24-13)17-19(28)23-21(30)26(20(17)29)12-5-3-4-11(22)8-12/h3-8,13,24,27,29H,9H2,1-2H3,(H,23,28,30)/t13-/m0/s1. The van der Waals surface area contributed by atoms with Crippen LogP contribution >= 0.6 is 11.6 Å². The number of rotatable bonds is 5. The van der Waals surface area contributed by atoms with Crippen molar-refractivity contribution < 1.29 is 19.7 Å². The number of halogens is 1. The maximum Gasteiger partial charge on any atom is 0.335 e. The summed E-state index contributed by atoms with van der Waals surface area (Å²) >= 11 is 6.00. The number of ether oxygens (including phenoxy) is 2. The molecular formula is C21H19ClN4O6. The van der Waals surface area contributed by atoms with Gasteiger partial charge in [0.15, 0.2) is 11.5 Å². The summed E-state index contributed by atoms with van der Waals surface area (Å²) in [5.41, 5.74) is 2.39. The van der Waals surface area contributed by atoms with Gasteiger partial charge in [0.2, 0.25) is 11.6 Å². The molecule has 32 heavy (non-hydrogen) atoms. The molecule has 0 aliphatic carbocycles. The van der Waals surface area contributed by atoms with E-state index in [1.807, 2.05) is 0 Å². The number of methoxy groups -OCH3 is 2. The number of H-pyrrole nitrogens is 1. The molecule has 4 rings (SSSR count). The molecule has 0 bridgehead atoms. The summed E-state index contributed by atoms with van der Waals surface area (Å²) in [4.78, 5) is 27.2. The zero-order valence-electron chi connectivity index (χ0n) is 17.0. The minimum atomic E-state index is -0.811. The van der Waals surface area contributed by atoms with Crippen molar-refractivity contribution in [3.8, 4) is 28.8 Å². The van der Waals surface area contributed by atoms with Gasteiger partial charge < -0.3 is 25.1 Å². The van der Waals surface area contributed by atoms with Gasteiger partial charge in [0, 0.05) is 11.4 Å². The van der Waals surface area contributed by atoms with Crippen LogP contribution in [0.15, 0.2) is 51.1 Å². The Morgan fingerprint density at radius 1 is 1.12 bits per heavy atom. The van der Waals surface area contributed by atoms with Gasteiger partial charge in [-0.2, -0.15) is 5.10 Å². The average Bonchev–Trinajstić information content (AvgIpc) is 3.23. The normalized spacial score (nSPS) is 15.2. The number of phenols is 1. The smallest absolute Gasteiger partial charge is 0.335 e. The number of hydrogen-bond acceptors (Lipinski definition) is 8. The Bertz CT molecular complexity index is 1320. The highest BCUT2D eigenvalue weighted by Gasteiger charge is 2.29. The van der Waals surface area contributed by atoms with Gasteiger partial charge in [0.1, 0.15) is 5.56 Å². The monoisotopic (exact) mass is 458 g/mol. The summed E-state index contributed by atoms with van der Waals surface area (Å²) < 4.78 is 11.3. The van der Waals surface area contributed by atoms with Crippen molar-refractivity contribution in [1.82, 2.24) is 15.0 Å². The van der Waals surface area contributed by atoms with Crippen LogP contribution in [0.25, 0.3) is 5.69 Å². The number of benzene rings is 2. The van der Waals surface area contributed by atoms with Gasteiger partial charge in [0.25, 0.3) is 5.56 Å². The third-order valence-electron chi connectivity index (χ3n) is 5.10. The zero-order chi connectivity index (χ0) is 23.0. The molecule has 4 N–H and O–H groups in total. The lowest BCUT2D eigenvalue weighted by molar-refractivity contribution is 0.338. The molecule has 0 saturated carbocycles. The van der Waals surface area contributed by atoms with Gasteiger partial charge in [-0.05, 0) is 35.9 Å². The number of nitrogens with one attached hydrogen (secondary N) is 2. The first-order valence-electron chi connectivity index (χ1n) is 9.45. The highest BCUT2D eigenvalue weighted by molar-refractivity contribution is 6.30. The minimum Gasteiger partial charge on any atom is -0.502 e. The van der Waals surface area contributed by atoms with E-state index in [1.165, 1.54) is 20.3 Å². The second-order valence-electron chi connectivity index (χ2n) is 6.99. The molecule has 2 aromatic carbocycles. The van der Waals surface area contributed by atoms with E-state index in [2.05, 4.69) is 15.5 Å². The van der Waals surface area contributed by atoms with Crippen LogP contribution in [0.5, 0.6) is 23.1 Å². The predicted octanol–water partition coefficient (Wildman–Crippen LogP) is 2.05. The molecule has 1 aromatic heterocycles. The second kappa shape index (κ2) is 8.31. The number of phenolic OH excluding ortho intramolecular Hbond substituents is 1. The van der Waals surface area contributed by atoms with Crippen LogP contribution in [0.1, 0.15) is 23.6 Å². The molecule has 0 unspecified atom stereocenters. The van der Waals surface area contributed by atoms with E-state index in [1.54, 1.807) is 30.3 Å². The molecule has 3 aromatic rings. The molecule has 0 amide bonds. The molecule has 1 atom stereocenters. The van der Waals surface area contributed by atoms with Gasteiger partial charge in [-0.1, -0.05) is 17.7 Å². The van der Waals surface area contributed by atoms with Crippen LogP contribution in [0.2, 0.25) is 5.02 Å². The van der Waals surface area contributed by atoms with E-state index in [0.717, 1.165) is 4.57 Å². The van der Waals surface area contributed by atoms with Crippen LogP contribution < -0.4 is 26.1 Å². The molecule has 0 saturated heterocycles. The number of nitrogens with zero attached hydrogens (tertiary/aromatic N) is 2. The van der Waals surface area contributed by atoms with Crippen LogP contribution in [0.3, 0.4) is 0 Å². The van der Waals surface area contributed by atoms with Gasteiger partial charge in [-0.25, -0.2) is 9.36 Å². The predicted molar refractivity (Wildman–Crippen MR) is 118 cm³/mol. The number of hydrazone groups is 1. The third-order valence-corrected chi connectivity index (χ3v) is 5.33. The van der Waals surface area contributed by atoms with Crippen molar-refractivity contribution in [2.45, 2.75) is 12.5 Å². The summed E-state index contributed by atoms with van der Waals surface area (Å²) in [5.74, 6) is -0.265. The van der Waals surface area contributed by atoms with E-state index >= 15 is 0 Å². The van der Waals surface area contributed by atoms with Crippen molar-refractivity contribution in [1.29, 1.82) is 0 Å². The van der Waals surface area contributed by atoms with E-state index in [4.69, 9.17) is 21.1 Å². The molecule has 0 radical (unpaired) electrons. The van der Waals surface area contributed by atoms with Gasteiger partial charge in [0.05, 0.1) is 31.7 Å². The van der Waals surface area contributed by atoms with E-state index in [0.29, 0.717) is 10.6 Å². The molecule has 166 valence electrons. The second-order valence-corrected chi connectivity index (χ2v) is 7.43. The van der Waals surface area contributed by atoms with E-state index in [9.17, 15) is 19.8 Å². The lowest BCUT2D eigenvalue weighted by Gasteiger charge is -2.15. The lowest BCUT2D eigenvalue weighted by Crippen LogP contribution is -2.33. The van der Waals surface area contributed by atoms with Crippen LogP contribution in [-0.4, -0.2) is 39.7 Å². The lowest BCUT2D eigenvalue weighted by atomic mass is 9.99. The fourth-order valence-electron chi connectivity index (χ4n) is 3.55. The van der Waals surface area contributed by atoms with Crippen molar-refractivity contribution in [3.63, 3.8) is 0 Å². The van der Waals surface area contributed by atoms with Gasteiger partial charge in [-0.3, -0.25) is 9.78 Å². The molecule has 11 heteroatoms. The average molecular weight is 459 g/mol. The first-order chi connectivity index (χ1) is 15.3. The van der Waals surface area contributed by atoms with E-state index in [-0.39, 0.29) is 40.6 Å². The quantitative estimate of drug-likeness (QED) is 0.459. The number of aromatic hydroxyl groups is 2. The van der Waals surface area contributed by atoms with Crippen LogP contribution in [0, 0.1) is 0 Å². The maximum atomic E-state index is 12.6. The molecule has 2 heterocycles. The number of aromatic amines is 1. The van der Waals surface area contributed by atoms with Crippen molar-refractivity contribution >= 4 is 17.3 Å². The Balaban J connectivity index is 1.73. The van der Waals surface area contributed by atoms with Crippen LogP contribution in [-0.2, 0) is 0 Å². The van der Waals surface area contributed by atoms with Gasteiger partial charge >= 0.3 is 5.69 Å². The fraction of sp³-hybridized carbons (Fsp3) is 0.190. The van der Waals surface area contributed by atoms with Crippen molar-refractivity contribution in [3.05, 3.63) is 73.4 Å². The first kappa shape index (κ1) is 21.3. The SMILES string of the molecule is COc1cc([C@@H]2CC(c3c(O)n(-c4cccc(Cl)c4)c(=O)[nH]c3=O)=NN2)cc(OC)c1O. The Labute approximate surface area is 186 Å². The third kappa shape index (κ3) is 3.65. The van der Waals surface area contributed by atoms with Crippen molar-refractivity contribution in [2.75, 3.05) is 14.2 Å². The summed E-state index contributed by atoms with van der Waals surface area (Å²) in [6.45, 7) is 0. The number of hydrogen-bond donors (Lipinski definition) is 4. The molecule has 1 aliphatic rings. The molecule has 0 spiro atoms. The Kier molecular flexibility index (Phi) is 5.54. The molecular weight excluding hydrogens is 440 g/mol. The molecule has 0 fully saturated rings. The summed E-state index contributed by atoms with van der Waals surface area (Å²) in [7, 11) is 2.83. The fourth-order valence-corrected chi connectivity index (χ4v) is 3.73. The Morgan fingerprint density at radius 3 is 2.44 bits per heavy atom. The van der Waals surface area contributed by atoms with E-state index < -0.39 is 23.2 Å². The highest BCUT2D eigenvalue weighted by atomic mass is 35.5. The first-order valence-corrected chi connectivity index (χ1v) is 9.83. The maximum absolute atomic E-state index is 12.6. The summed E-state index contributed by atoms with van der Waals surface area (Å²) in [6.07, 6.45) is 0.210. The number of aromatic nitrogens is 2. The molecule has 1 aliphatic heterocycles. The summed E-state index contributed by atoms with van der Waals surface area (Å²) in [5, 5.41) is 25.5. The van der Waals surface area contributed by atoms with Crippen LogP contribution in [0.4, 0.5) is 0 Å². The highest BCUT2D eigenvalue weighted by Crippen LogP contribution is 2.40. The Morgan fingerprint density at radius 2 is 1.81 bits per heavy atom. The topological polar surface area (TPSA) is 138 Å². The zero-order valence-corrected chi connectivity index (χ0v) is 17.8. The largest absolute Gasteiger partial charge is 0.502 e. The Hall–Kier alpha value is -3.92. The van der Waals surface area contributed by atoms with Gasteiger partial charge in [-0.15, -0.1) is 0 Å². The van der Waals surface area contributed by atoms with Crippen molar-refractivity contribution in [2.24, 2.45) is 5.10 Å². The molecule has 10 nitrogen and oxygen atoms in total. The minimum absolute atomic E-state index is 0.138.